The molecule has 0 radical (unpaired) electrons. The molecule has 0 aromatic heterocycles. The van der Waals surface area contributed by atoms with Crippen LogP contribution in [0.2, 0.25) is 0 Å². The maximum atomic E-state index is 10.5. The number of carbonyl (C=O) groups excluding carboxylic acids is 1. The van der Waals surface area contributed by atoms with Crippen LogP contribution in [0.4, 0.5) is 0 Å². The van der Waals surface area contributed by atoms with Gasteiger partial charge in [0, 0.05) is 0 Å². The molecule has 0 saturated heterocycles. The molecular weight excluding hydrogens is 134 g/mol. The molecule has 0 aliphatic carbocycles. The summed E-state index contributed by atoms with van der Waals surface area (Å²) in [4.78, 5) is 10.5. The van der Waals surface area contributed by atoms with E-state index >= 15 is 0 Å². The Labute approximate surface area is 60.0 Å². The Balaban J connectivity index is 0. The van der Waals surface area contributed by atoms with Gasteiger partial charge in [-0.3, -0.25) is 10.0 Å². The van der Waals surface area contributed by atoms with Crippen LogP contribution in [0.15, 0.2) is 12.7 Å². The predicted octanol–water partition coefficient (Wildman–Crippen LogP) is -0.0261. The summed E-state index contributed by atoms with van der Waals surface area (Å²) in [6, 6.07) is -0.185. The molecule has 0 aliphatic rings. The Morgan fingerprint density at radius 2 is 2.10 bits per heavy atom. The molecule has 0 aromatic carbocycles. The Morgan fingerprint density at radius 1 is 1.70 bits per heavy atom. The molecule has 0 bridgehead atoms. The van der Waals surface area contributed by atoms with Crippen molar-refractivity contribution in [3.63, 3.8) is 0 Å². The standard InChI is InChI=1S/C6H11NO2.H2O/c1-4-6(8)7(9)5(2)3;/h4-5,9H,1H2,2-3H3;1H2. The van der Waals surface area contributed by atoms with Crippen LogP contribution in [0.25, 0.3) is 0 Å². The van der Waals surface area contributed by atoms with E-state index < -0.39 is 5.91 Å². The third-order valence-electron chi connectivity index (χ3n) is 0.890. The predicted molar refractivity (Wildman–Crippen MR) is 37.6 cm³/mol. The van der Waals surface area contributed by atoms with E-state index in [2.05, 4.69) is 6.58 Å². The van der Waals surface area contributed by atoms with Gasteiger partial charge in [0.15, 0.2) is 0 Å². The first kappa shape index (κ1) is 11.9. The Morgan fingerprint density at radius 3 is 2.20 bits per heavy atom. The fraction of sp³-hybridized carbons (Fsp3) is 0.500. The second-order valence-electron chi connectivity index (χ2n) is 1.98. The van der Waals surface area contributed by atoms with Gasteiger partial charge in [-0.1, -0.05) is 6.58 Å². The number of amides is 1. The van der Waals surface area contributed by atoms with Gasteiger partial charge in [-0.05, 0) is 19.9 Å². The maximum Gasteiger partial charge on any atom is 0.269 e. The molecule has 0 aliphatic heterocycles. The molecule has 10 heavy (non-hydrogen) atoms. The molecule has 4 nitrogen and oxygen atoms in total. The summed E-state index contributed by atoms with van der Waals surface area (Å²) in [5.74, 6) is -0.468. The highest BCUT2D eigenvalue weighted by atomic mass is 16.5. The summed E-state index contributed by atoms with van der Waals surface area (Å²) >= 11 is 0. The zero-order valence-corrected chi connectivity index (χ0v) is 6.16. The number of carbonyl (C=O) groups is 1. The second-order valence-corrected chi connectivity index (χ2v) is 1.98. The lowest BCUT2D eigenvalue weighted by Crippen LogP contribution is -2.31. The van der Waals surface area contributed by atoms with Crippen molar-refractivity contribution in [3.05, 3.63) is 12.7 Å². The molecule has 0 saturated carbocycles. The summed E-state index contributed by atoms with van der Waals surface area (Å²) in [6.45, 7) is 6.63. The van der Waals surface area contributed by atoms with Gasteiger partial charge in [0.2, 0.25) is 0 Å². The topological polar surface area (TPSA) is 72.0 Å². The first-order chi connectivity index (χ1) is 4.09. The number of nitrogens with zero attached hydrogens (tertiary/aromatic N) is 1. The first-order valence-electron chi connectivity index (χ1n) is 2.74. The van der Waals surface area contributed by atoms with Crippen molar-refractivity contribution in [3.8, 4) is 0 Å². The third kappa shape index (κ3) is 3.21. The van der Waals surface area contributed by atoms with Gasteiger partial charge >= 0.3 is 0 Å². The molecule has 3 N–H and O–H groups in total. The van der Waals surface area contributed by atoms with Crippen molar-refractivity contribution < 1.29 is 15.5 Å². The van der Waals surface area contributed by atoms with Crippen LogP contribution < -0.4 is 0 Å². The molecular formula is C6H13NO3. The van der Waals surface area contributed by atoms with Crippen LogP contribution >= 0.6 is 0 Å². The number of hydrogen-bond donors (Lipinski definition) is 1. The van der Waals surface area contributed by atoms with Crippen LogP contribution in [-0.2, 0) is 4.79 Å². The average Bonchev–Trinajstić information content (AvgIpc) is 1.84. The van der Waals surface area contributed by atoms with Gasteiger partial charge in [0.05, 0.1) is 6.04 Å². The third-order valence-corrected chi connectivity index (χ3v) is 0.890. The number of rotatable bonds is 2. The molecule has 0 rings (SSSR count). The molecule has 0 heterocycles. The zero-order valence-electron chi connectivity index (χ0n) is 6.16. The van der Waals surface area contributed by atoms with Crippen molar-refractivity contribution >= 4 is 5.91 Å². The van der Waals surface area contributed by atoms with E-state index in [1.54, 1.807) is 13.8 Å². The number of hydrogen-bond acceptors (Lipinski definition) is 2. The summed E-state index contributed by atoms with van der Waals surface area (Å²) in [5, 5.41) is 9.44. The van der Waals surface area contributed by atoms with E-state index in [4.69, 9.17) is 5.21 Å². The van der Waals surface area contributed by atoms with Crippen molar-refractivity contribution in [1.82, 2.24) is 5.06 Å². The molecule has 1 amide bonds. The van der Waals surface area contributed by atoms with Gasteiger partial charge in [-0.2, -0.15) is 0 Å². The summed E-state index contributed by atoms with van der Waals surface area (Å²) < 4.78 is 0. The van der Waals surface area contributed by atoms with E-state index in [1.807, 2.05) is 0 Å². The minimum atomic E-state index is -0.468. The molecule has 4 heteroatoms. The lowest BCUT2D eigenvalue weighted by atomic mass is 10.4. The Hall–Kier alpha value is -0.870. The summed E-state index contributed by atoms with van der Waals surface area (Å²) in [5.41, 5.74) is 0. The minimum Gasteiger partial charge on any atom is -0.412 e. The van der Waals surface area contributed by atoms with E-state index in [-0.39, 0.29) is 11.5 Å². The van der Waals surface area contributed by atoms with Gasteiger partial charge in [-0.25, -0.2) is 5.06 Å². The lowest BCUT2D eigenvalue weighted by Gasteiger charge is -2.15. The van der Waals surface area contributed by atoms with E-state index in [0.29, 0.717) is 5.06 Å². The smallest absolute Gasteiger partial charge is 0.269 e. The molecule has 0 atom stereocenters. The highest BCUT2D eigenvalue weighted by Gasteiger charge is 2.08. The summed E-state index contributed by atoms with van der Waals surface area (Å²) in [6.07, 6.45) is 1.07. The van der Waals surface area contributed by atoms with Crippen LogP contribution in [-0.4, -0.2) is 27.7 Å². The van der Waals surface area contributed by atoms with E-state index in [1.165, 1.54) is 0 Å². The quantitative estimate of drug-likeness (QED) is 0.338. The van der Waals surface area contributed by atoms with Gasteiger partial charge in [-0.15, -0.1) is 0 Å². The zero-order chi connectivity index (χ0) is 7.44. The van der Waals surface area contributed by atoms with Crippen molar-refractivity contribution in [2.45, 2.75) is 19.9 Å². The molecule has 0 fully saturated rings. The molecule has 0 unspecified atom stereocenters. The van der Waals surface area contributed by atoms with Gasteiger partial charge in [0.25, 0.3) is 5.91 Å². The van der Waals surface area contributed by atoms with Gasteiger partial charge in [0.1, 0.15) is 0 Å². The van der Waals surface area contributed by atoms with Gasteiger partial charge < -0.3 is 5.48 Å². The van der Waals surface area contributed by atoms with Crippen LogP contribution in [0.1, 0.15) is 13.8 Å². The van der Waals surface area contributed by atoms with E-state index in [0.717, 1.165) is 6.08 Å². The summed E-state index contributed by atoms with van der Waals surface area (Å²) in [7, 11) is 0. The van der Waals surface area contributed by atoms with Crippen LogP contribution in [0, 0.1) is 0 Å². The fourth-order valence-corrected chi connectivity index (χ4v) is 0.348. The van der Waals surface area contributed by atoms with Crippen molar-refractivity contribution in [1.29, 1.82) is 0 Å². The van der Waals surface area contributed by atoms with Crippen LogP contribution in [0.5, 0.6) is 0 Å². The molecule has 0 aromatic rings. The average molecular weight is 147 g/mol. The largest absolute Gasteiger partial charge is 0.412 e. The molecule has 0 spiro atoms. The molecule has 60 valence electrons. The Bertz CT molecular complexity index is 122. The second kappa shape index (κ2) is 4.96. The first-order valence-corrected chi connectivity index (χ1v) is 2.74. The SMILES string of the molecule is C=CC(=O)N(O)C(C)C.O. The normalized spacial score (nSPS) is 8.40. The monoisotopic (exact) mass is 147 g/mol. The van der Waals surface area contributed by atoms with E-state index in [9.17, 15) is 4.79 Å². The van der Waals surface area contributed by atoms with Crippen molar-refractivity contribution in [2.75, 3.05) is 0 Å². The lowest BCUT2D eigenvalue weighted by molar-refractivity contribution is -0.166. The maximum absolute atomic E-state index is 10.5. The Kier molecular flexibility index (Phi) is 5.89. The van der Waals surface area contributed by atoms with Crippen molar-refractivity contribution in [2.24, 2.45) is 0 Å². The highest BCUT2D eigenvalue weighted by Crippen LogP contribution is 1.92. The number of hydroxylamine groups is 2. The fourth-order valence-electron chi connectivity index (χ4n) is 0.348. The highest BCUT2D eigenvalue weighted by molar-refractivity contribution is 5.86. The van der Waals surface area contributed by atoms with Crippen LogP contribution in [0.3, 0.4) is 0 Å². The minimum absolute atomic E-state index is 0.